The molecule has 5 rings (SSSR count). The molecule has 0 bridgehead atoms. The van der Waals surface area contributed by atoms with Crippen molar-refractivity contribution in [3.8, 4) is 11.6 Å². The summed E-state index contributed by atoms with van der Waals surface area (Å²) < 4.78 is 38.9. The van der Waals surface area contributed by atoms with Gasteiger partial charge in [0, 0.05) is 19.3 Å². The molecule has 1 amide bonds. The first-order chi connectivity index (χ1) is 19.8. The number of pyridine rings is 1. The first-order valence-electron chi connectivity index (χ1n) is 12.9. The third-order valence-electron chi connectivity index (χ3n) is 6.69. The number of fused-ring (bicyclic) bond motifs is 1. The average Bonchev–Trinajstić information content (AvgIpc) is 3.60. The van der Waals surface area contributed by atoms with Gasteiger partial charge in [-0.2, -0.15) is 18.9 Å². The Morgan fingerprint density at radius 2 is 1.76 bits per heavy atom. The Hall–Kier alpha value is -4.84. The number of halogens is 2. The van der Waals surface area contributed by atoms with E-state index in [1.54, 1.807) is 52.0 Å². The fourth-order valence-corrected chi connectivity index (χ4v) is 4.73. The number of methoxy groups -OCH3 is 1. The van der Waals surface area contributed by atoms with Crippen molar-refractivity contribution in [3.05, 3.63) is 95.6 Å². The number of imidazole rings is 1. The van der Waals surface area contributed by atoms with Gasteiger partial charge in [0.15, 0.2) is 17.1 Å². The van der Waals surface area contributed by atoms with Crippen molar-refractivity contribution in [3.63, 3.8) is 0 Å². The van der Waals surface area contributed by atoms with Gasteiger partial charge in [-0.1, -0.05) is 42.5 Å². The summed E-state index contributed by atoms with van der Waals surface area (Å²) >= 11 is 0. The van der Waals surface area contributed by atoms with E-state index in [1.165, 1.54) is 31.4 Å². The van der Waals surface area contributed by atoms with Gasteiger partial charge in [-0.05, 0) is 43.2 Å². The van der Waals surface area contributed by atoms with E-state index in [0.717, 1.165) is 0 Å². The number of nitrogens with zero attached hydrogens (tertiary/aromatic N) is 5. The number of amides is 1. The quantitative estimate of drug-likeness (QED) is 0.251. The maximum absolute atomic E-state index is 13.3. The van der Waals surface area contributed by atoms with E-state index in [-0.39, 0.29) is 28.7 Å². The van der Waals surface area contributed by atoms with E-state index in [0.29, 0.717) is 35.4 Å². The molecule has 10 nitrogen and oxygen atoms in total. The first kappa shape index (κ1) is 27.7. The molecule has 0 aliphatic carbocycles. The zero-order valence-electron chi connectivity index (χ0n) is 22.6. The molecule has 3 heterocycles. The van der Waals surface area contributed by atoms with Gasteiger partial charge in [0.1, 0.15) is 11.3 Å². The van der Waals surface area contributed by atoms with Gasteiger partial charge < -0.3 is 24.5 Å². The number of nitrogens with one attached hydrogen (secondary N) is 1. The smallest absolute Gasteiger partial charge is 0.387 e. The molecule has 0 aliphatic rings. The van der Waals surface area contributed by atoms with Crippen molar-refractivity contribution in [1.29, 1.82) is 0 Å². The number of hydrogen-bond acceptors (Lipinski definition) is 7. The maximum atomic E-state index is 13.3. The predicted molar refractivity (Wildman–Crippen MR) is 147 cm³/mol. The second kappa shape index (κ2) is 11.3. The highest BCUT2D eigenvalue weighted by Crippen LogP contribution is 2.39. The Bertz CT molecular complexity index is 1670. The number of ether oxygens (including phenoxy) is 2. The number of aryl methyl sites for hydroxylation is 2. The molecule has 5 aromatic rings. The predicted octanol–water partition coefficient (Wildman–Crippen LogP) is 4.81. The molecule has 0 saturated heterocycles. The average molecular weight is 563 g/mol. The van der Waals surface area contributed by atoms with Gasteiger partial charge >= 0.3 is 6.61 Å². The number of rotatable bonds is 10. The summed E-state index contributed by atoms with van der Waals surface area (Å²) in [7, 11) is 1.40. The third kappa shape index (κ3) is 5.21. The molecule has 2 aromatic carbocycles. The molecule has 12 heteroatoms. The van der Waals surface area contributed by atoms with Crippen LogP contribution in [0.15, 0.2) is 73.1 Å². The van der Waals surface area contributed by atoms with Crippen molar-refractivity contribution >= 4 is 22.8 Å². The SMILES string of the molecule is CCn1cc(NC(=O)c2cc3c(nc2OC)nc(C(O)(c2ccccc2)c2ccc(OC(F)F)cc2)n3CC)cn1. The number of carbonyl (C=O) groups excluding carboxylic acids is 1. The normalized spacial score (nSPS) is 12.9. The van der Waals surface area contributed by atoms with Crippen LogP contribution in [0.5, 0.6) is 11.6 Å². The van der Waals surface area contributed by atoms with E-state index in [1.807, 2.05) is 19.9 Å². The molecule has 0 radical (unpaired) electrons. The van der Waals surface area contributed by atoms with Crippen LogP contribution in [0.3, 0.4) is 0 Å². The fourth-order valence-electron chi connectivity index (χ4n) is 4.73. The molecule has 0 aliphatic heterocycles. The zero-order chi connectivity index (χ0) is 29.1. The van der Waals surface area contributed by atoms with E-state index in [4.69, 9.17) is 9.72 Å². The molecule has 212 valence electrons. The van der Waals surface area contributed by atoms with Gasteiger partial charge in [0.25, 0.3) is 5.91 Å². The van der Waals surface area contributed by atoms with Crippen molar-refractivity contribution in [1.82, 2.24) is 24.3 Å². The minimum atomic E-state index is -2.98. The highest BCUT2D eigenvalue weighted by molar-refractivity contribution is 6.07. The molecule has 1 unspecified atom stereocenters. The molecule has 41 heavy (non-hydrogen) atoms. The fraction of sp³-hybridized carbons (Fsp3) is 0.241. The summed E-state index contributed by atoms with van der Waals surface area (Å²) in [6, 6.07) is 16.2. The number of aliphatic hydroxyl groups is 1. The van der Waals surface area contributed by atoms with Gasteiger partial charge in [-0.3, -0.25) is 9.48 Å². The van der Waals surface area contributed by atoms with E-state index in [2.05, 4.69) is 20.1 Å². The largest absolute Gasteiger partial charge is 0.480 e. The van der Waals surface area contributed by atoms with E-state index < -0.39 is 18.1 Å². The van der Waals surface area contributed by atoms with Gasteiger partial charge in [0.2, 0.25) is 5.88 Å². The summed E-state index contributed by atoms with van der Waals surface area (Å²) in [5, 5.41) is 19.4. The van der Waals surface area contributed by atoms with Crippen LogP contribution in [-0.4, -0.2) is 49.1 Å². The van der Waals surface area contributed by atoms with Crippen LogP contribution in [-0.2, 0) is 18.7 Å². The van der Waals surface area contributed by atoms with Crippen LogP contribution >= 0.6 is 0 Å². The summed E-state index contributed by atoms with van der Waals surface area (Å²) in [5.41, 5.74) is 0.471. The number of aromatic nitrogens is 5. The monoisotopic (exact) mass is 562 g/mol. The van der Waals surface area contributed by atoms with Crippen LogP contribution in [0.2, 0.25) is 0 Å². The Kier molecular flexibility index (Phi) is 7.66. The van der Waals surface area contributed by atoms with Crippen LogP contribution in [0.1, 0.15) is 41.2 Å². The van der Waals surface area contributed by atoms with Crippen molar-refractivity contribution in [2.75, 3.05) is 12.4 Å². The van der Waals surface area contributed by atoms with E-state index in [9.17, 15) is 18.7 Å². The molecule has 1 atom stereocenters. The van der Waals surface area contributed by atoms with Crippen molar-refractivity contribution in [2.45, 2.75) is 39.1 Å². The van der Waals surface area contributed by atoms with Crippen LogP contribution in [0, 0.1) is 0 Å². The van der Waals surface area contributed by atoms with Crippen LogP contribution in [0.4, 0.5) is 14.5 Å². The summed E-state index contributed by atoms with van der Waals surface area (Å²) in [6.45, 7) is 1.85. The number of anilines is 1. The lowest BCUT2D eigenvalue weighted by Crippen LogP contribution is -2.32. The standard InChI is InChI=1S/C29H28F2N6O4/c1-4-36-17-20(16-32-36)33-25(38)22-15-23-24(34-26(22)40-3)35-27(37(23)5-2)29(39,18-9-7-6-8-10-18)19-11-13-21(14-12-19)41-28(30)31/h6-17,28,39H,4-5H2,1-3H3,(H,33,38). The Morgan fingerprint density at radius 1 is 1.05 bits per heavy atom. The van der Waals surface area contributed by atoms with Crippen molar-refractivity contribution < 1.29 is 28.2 Å². The van der Waals surface area contributed by atoms with Crippen LogP contribution < -0.4 is 14.8 Å². The third-order valence-corrected chi connectivity index (χ3v) is 6.69. The van der Waals surface area contributed by atoms with Crippen molar-refractivity contribution in [2.24, 2.45) is 0 Å². The molecule has 0 fully saturated rings. The zero-order valence-corrected chi connectivity index (χ0v) is 22.6. The molecule has 0 saturated carbocycles. The minimum absolute atomic E-state index is 0.0466. The summed E-state index contributed by atoms with van der Waals surface area (Å²) in [6.07, 6.45) is 3.26. The number of hydrogen-bond donors (Lipinski definition) is 2. The molecular weight excluding hydrogens is 534 g/mol. The minimum Gasteiger partial charge on any atom is -0.480 e. The summed E-state index contributed by atoms with van der Waals surface area (Å²) in [4.78, 5) is 22.5. The molecule has 2 N–H and O–H groups in total. The van der Waals surface area contributed by atoms with Gasteiger partial charge in [-0.25, -0.2) is 4.98 Å². The Labute approximate surface area is 234 Å². The number of carbonyl (C=O) groups is 1. The van der Waals surface area contributed by atoms with E-state index >= 15 is 0 Å². The second-order valence-corrected chi connectivity index (χ2v) is 9.09. The molecular formula is C29H28F2N6O4. The molecule has 3 aromatic heterocycles. The lowest BCUT2D eigenvalue weighted by molar-refractivity contribution is -0.0498. The maximum Gasteiger partial charge on any atom is 0.387 e. The first-order valence-corrected chi connectivity index (χ1v) is 12.9. The Balaban J connectivity index is 1.65. The number of benzene rings is 2. The topological polar surface area (TPSA) is 116 Å². The highest BCUT2D eigenvalue weighted by Gasteiger charge is 2.39. The number of alkyl halides is 2. The van der Waals surface area contributed by atoms with Gasteiger partial charge in [0.05, 0.1) is 24.5 Å². The van der Waals surface area contributed by atoms with Crippen LogP contribution in [0.25, 0.3) is 11.2 Å². The Morgan fingerprint density at radius 3 is 2.37 bits per heavy atom. The lowest BCUT2D eigenvalue weighted by atomic mass is 9.85. The summed E-state index contributed by atoms with van der Waals surface area (Å²) in [5.74, 6) is -0.220. The highest BCUT2D eigenvalue weighted by atomic mass is 19.3. The molecule has 0 spiro atoms. The van der Waals surface area contributed by atoms with Gasteiger partial charge in [-0.15, -0.1) is 0 Å². The second-order valence-electron chi connectivity index (χ2n) is 9.09. The lowest BCUT2D eigenvalue weighted by Gasteiger charge is -2.29.